The lowest BCUT2D eigenvalue weighted by atomic mass is 10.1. The molecule has 0 bridgehead atoms. The number of rotatable bonds is 5. The largest absolute Gasteiger partial charge is 0.478 e. The second-order valence-corrected chi connectivity index (χ2v) is 4.12. The number of carbonyl (C=O) groups is 1. The molecule has 0 spiro atoms. The van der Waals surface area contributed by atoms with Gasteiger partial charge < -0.3 is 5.11 Å². The third-order valence-corrected chi connectivity index (χ3v) is 3.07. The van der Waals surface area contributed by atoms with E-state index in [1.165, 1.54) is 0 Å². The van der Waals surface area contributed by atoms with Gasteiger partial charge in [-0.2, -0.15) is 11.8 Å². The fourth-order valence-corrected chi connectivity index (χ4v) is 2.09. The lowest BCUT2D eigenvalue weighted by Crippen LogP contribution is -2.01. The van der Waals surface area contributed by atoms with Crippen LogP contribution in [0.25, 0.3) is 0 Å². The Morgan fingerprint density at radius 2 is 2.14 bits per heavy atom. The SMILES string of the molecule is CCCSCc1ccccc1C(=O)O. The zero-order valence-electron chi connectivity index (χ0n) is 8.19. The second kappa shape index (κ2) is 5.70. The van der Waals surface area contributed by atoms with E-state index in [0.717, 1.165) is 23.5 Å². The van der Waals surface area contributed by atoms with E-state index < -0.39 is 5.97 Å². The van der Waals surface area contributed by atoms with Crippen molar-refractivity contribution >= 4 is 17.7 Å². The monoisotopic (exact) mass is 210 g/mol. The molecule has 0 aliphatic rings. The molecule has 0 unspecified atom stereocenters. The summed E-state index contributed by atoms with van der Waals surface area (Å²) >= 11 is 1.77. The first-order valence-electron chi connectivity index (χ1n) is 4.64. The minimum atomic E-state index is -0.835. The van der Waals surface area contributed by atoms with Gasteiger partial charge in [-0.1, -0.05) is 25.1 Å². The molecule has 2 nitrogen and oxygen atoms in total. The normalized spacial score (nSPS) is 10.1. The van der Waals surface area contributed by atoms with E-state index in [4.69, 9.17) is 5.11 Å². The van der Waals surface area contributed by atoms with Crippen LogP contribution in [0.1, 0.15) is 29.3 Å². The van der Waals surface area contributed by atoms with Gasteiger partial charge in [0, 0.05) is 5.75 Å². The standard InChI is InChI=1S/C11H14O2S/c1-2-7-14-8-9-5-3-4-6-10(9)11(12)13/h3-6H,2,7-8H2,1H3,(H,12,13). The summed E-state index contributed by atoms with van der Waals surface area (Å²) in [5.41, 5.74) is 1.34. The Bertz CT molecular complexity index is 310. The summed E-state index contributed by atoms with van der Waals surface area (Å²) in [5, 5.41) is 8.91. The maximum atomic E-state index is 10.8. The van der Waals surface area contributed by atoms with Crippen molar-refractivity contribution in [3.63, 3.8) is 0 Å². The van der Waals surface area contributed by atoms with Crippen molar-refractivity contribution in [3.8, 4) is 0 Å². The Balaban J connectivity index is 2.69. The molecule has 0 aliphatic carbocycles. The third kappa shape index (κ3) is 3.07. The number of benzene rings is 1. The van der Waals surface area contributed by atoms with Gasteiger partial charge in [-0.25, -0.2) is 4.79 Å². The van der Waals surface area contributed by atoms with Gasteiger partial charge in [0.2, 0.25) is 0 Å². The number of carboxylic acids is 1. The van der Waals surface area contributed by atoms with Gasteiger partial charge in [-0.15, -0.1) is 0 Å². The predicted molar refractivity (Wildman–Crippen MR) is 59.9 cm³/mol. The average Bonchev–Trinajstić information content (AvgIpc) is 2.19. The summed E-state index contributed by atoms with van der Waals surface area (Å²) in [6.07, 6.45) is 1.12. The quantitative estimate of drug-likeness (QED) is 0.759. The van der Waals surface area contributed by atoms with Crippen LogP contribution in [-0.2, 0) is 5.75 Å². The van der Waals surface area contributed by atoms with Crippen molar-refractivity contribution in [1.82, 2.24) is 0 Å². The first-order valence-corrected chi connectivity index (χ1v) is 5.80. The molecule has 0 saturated heterocycles. The van der Waals surface area contributed by atoms with E-state index in [0.29, 0.717) is 5.56 Å². The fourth-order valence-electron chi connectivity index (χ4n) is 1.18. The zero-order chi connectivity index (χ0) is 10.4. The number of carboxylic acid groups (broad SMARTS) is 1. The summed E-state index contributed by atoms with van der Waals surface area (Å²) in [4.78, 5) is 10.8. The van der Waals surface area contributed by atoms with Crippen molar-refractivity contribution in [2.45, 2.75) is 19.1 Å². The fraction of sp³-hybridized carbons (Fsp3) is 0.364. The van der Waals surface area contributed by atoms with Crippen molar-refractivity contribution in [2.24, 2.45) is 0 Å². The van der Waals surface area contributed by atoms with Crippen molar-refractivity contribution in [1.29, 1.82) is 0 Å². The van der Waals surface area contributed by atoms with Crippen LogP contribution in [0.5, 0.6) is 0 Å². The highest BCUT2D eigenvalue weighted by molar-refractivity contribution is 7.98. The van der Waals surface area contributed by atoms with E-state index in [1.807, 2.05) is 12.1 Å². The Morgan fingerprint density at radius 1 is 1.43 bits per heavy atom. The molecule has 0 aromatic heterocycles. The van der Waals surface area contributed by atoms with Gasteiger partial charge in [0.05, 0.1) is 5.56 Å². The molecule has 0 heterocycles. The molecule has 1 rings (SSSR count). The van der Waals surface area contributed by atoms with Crippen LogP contribution in [0.2, 0.25) is 0 Å². The van der Waals surface area contributed by atoms with Crippen LogP contribution < -0.4 is 0 Å². The van der Waals surface area contributed by atoms with Gasteiger partial charge in [0.1, 0.15) is 0 Å². The summed E-state index contributed by atoms with van der Waals surface area (Å²) in [5.74, 6) is 1.03. The zero-order valence-corrected chi connectivity index (χ0v) is 9.01. The molecule has 1 aromatic rings. The van der Waals surface area contributed by atoms with Crippen LogP contribution in [-0.4, -0.2) is 16.8 Å². The van der Waals surface area contributed by atoms with Crippen LogP contribution in [0.4, 0.5) is 0 Å². The van der Waals surface area contributed by atoms with Gasteiger partial charge in [-0.3, -0.25) is 0 Å². The Morgan fingerprint density at radius 3 is 2.79 bits per heavy atom. The van der Waals surface area contributed by atoms with Crippen molar-refractivity contribution < 1.29 is 9.90 Å². The minimum absolute atomic E-state index is 0.427. The molecule has 1 aromatic carbocycles. The van der Waals surface area contributed by atoms with E-state index in [1.54, 1.807) is 23.9 Å². The molecule has 0 saturated carbocycles. The number of thioether (sulfide) groups is 1. The topological polar surface area (TPSA) is 37.3 Å². The van der Waals surface area contributed by atoms with E-state index in [-0.39, 0.29) is 0 Å². The molecule has 76 valence electrons. The highest BCUT2D eigenvalue weighted by atomic mass is 32.2. The molecule has 14 heavy (non-hydrogen) atoms. The Labute approximate surface area is 88.3 Å². The summed E-state index contributed by atoms with van der Waals surface area (Å²) < 4.78 is 0. The Kier molecular flexibility index (Phi) is 4.53. The maximum Gasteiger partial charge on any atom is 0.335 e. The van der Waals surface area contributed by atoms with E-state index in [2.05, 4.69) is 6.92 Å². The Hall–Kier alpha value is -0.960. The smallest absolute Gasteiger partial charge is 0.335 e. The van der Waals surface area contributed by atoms with Crippen LogP contribution in [0.15, 0.2) is 24.3 Å². The average molecular weight is 210 g/mol. The first kappa shape index (κ1) is 11.1. The van der Waals surface area contributed by atoms with Crippen LogP contribution in [0, 0.1) is 0 Å². The lowest BCUT2D eigenvalue weighted by molar-refractivity contribution is 0.0696. The minimum Gasteiger partial charge on any atom is -0.478 e. The number of hydrogen-bond acceptors (Lipinski definition) is 2. The summed E-state index contributed by atoms with van der Waals surface area (Å²) in [6.45, 7) is 2.12. The van der Waals surface area contributed by atoms with Gasteiger partial charge >= 0.3 is 5.97 Å². The van der Waals surface area contributed by atoms with E-state index in [9.17, 15) is 4.79 Å². The van der Waals surface area contributed by atoms with Gasteiger partial charge in [0.15, 0.2) is 0 Å². The molecule has 0 aliphatic heterocycles. The predicted octanol–water partition coefficient (Wildman–Crippen LogP) is 3.03. The third-order valence-electron chi connectivity index (χ3n) is 1.85. The van der Waals surface area contributed by atoms with Gasteiger partial charge in [-0.05, 0) is 23.8 Å². The first-order chi connectivity index (χ1) is 6.75. The van der Waals surface area contributed by atoms with Crippen LogP contribution >= 0.6 is 11.8 Å². The molecule has 0 fully saturated rings. The molecule has 0 atom stereocenters. The highest BCUT2D eigenvalue weighted by Crippen LogP contribution is 2.17. The maximum absolute atomic E-state index is 10.8. The lowest BCUT2D eigenvalue weighted by Gasteiger charge is -2.04. The number of aromatic carboxylic acids is 1. The van der Waals surface area contributed by atoms with Crippen LogP contribution in [0.3, 0.4) is 0 Å². The molecule has 0 radical (unpaired) electrons. The highest BCUT2D eigenvalue weighted by Gasteiger charge is 2.07. The van der Waals surface area contributed by atoms with Crippen molar-refractivity contribution in [2.75, 3.05) is 5.75 Å². The molecule has 0 amide bonds. The molecular weight excluding hydrogens is 196 g/mol. The molecule has 3 heteroatoms. The summed E-state index contributed by atoms with van der Waals surface area (Å²) in [6, 6.07) is 7.18. The summed E-state index contributed by atoms with van der Waals surface area (Å²) in [7, 11) is 0. The van der Waals surface area contributed by atoms with E-state index >= 15 is 0 Å². The molecule has 1 N–H and O–H groups in total. The molecular formula is C11H14O2S. The number of hydrogen-bond donors (Lipinski definition) is 1. The van der Waals surface area contributed by atoms with Crippen molar-refractivity contribution in [3.05, 3.63) is 35.4 Å². The second-order valence-electron chi connectivity index (χ2n) is 3.01. The van der Waals surface area contributed by atoms with Gasteiger partial charge in [0.25, 0.3) is 0 Å².